The van der Waals surface area contributed by atoms with Crippen LogP contribution in [0.2, 0.25) is 0 Å². The van der Waals surface area contributed by atoms with Crippen LogP contribution in [0.25, 0.3) is 0 Å². The van der Waals surface area contributed by atoms with Crippen molar-refractivity contribution in [3.63, 3.8) is 0 Å². The van der Waals surface area contributed by atoms with Gasteiger partial charge in [-0.15, -0.1) is 0 Å². The molecule has 158 valence electrons. The smallest absolute Gasteiger partial charge is 0.341 e. The van der Waals surface area contributed by atoms with E-state index in [2.05, 4.69) is 5.10 Å². The van der Waals surface area contributed by atoms with Crippen molar-refractivity contribution in [3.8, 4) is 5.75 Å². The first-order valence-electron chi connectivity index (χ1n) is 9.55. The van der Waals surface area contributed by atoms with E-state index in [0.717, 1.165) is 23.8 Å². The zero-order chi connectivity index (χ0) is 21.5. The van der Waals surface area contributed by atoms with Gasteiger partial charge in [-0.1, -0.05) is 30.0 Å². The molecule has 0 saturated carbocycles. The Kier molecular flexibility index (Phi) is 5.42. The SMILES string of the molecule is CN(C)C(=O)N1N=C(c2cc(F)ccc2F)SC12c1ccccc1OCC2CCN. The number of nitrogens with zero attached hydrogens (tertiary/aromatic N) is 3. The molecule has 2 unspecified atom stereocenters. The third kappa shape index (κ3) is 3.22. The monoisotopic (exact) mass is 432 g/mol. The van der Waals surface area contributed by atoms with Crippen LogP contribution in [0.3, 0.4) is 0 Å². The van der Waals surface area contributed by atoms with Crippen molar-refractivity contribution in [1.29, 1.82) is 0 Å². The van der Waals surface area contributed by atoms with Crippen LogP contribution < -0.4 is 10.5 Å². The molecule has 30 heavy (non-hydrogen) atoms. The van der Waals surface area contributed by atoms with Crippen LogP contribution in [0.1, 0.15) is 17.5 Å². The highest BCUT2D eigenvalue weighted by molar-refractivity contribution is 8.15. The van der Waals surface area contributed by atoms with Crippen molar-refractivity contribution in [2.24, 2.45) is 16.8 Å². The summed E-state index contributed by atoms with van der Waals surface area (Å²) >= 11 is 1.24. The molecule has 0 saturated heterocycles. The first-order chi connectivity index (χ1) is 14.4. The molecular weight excluding hydrogens is 410 g/mol. The van der Waals surface area contributed by atoms with E-state index >= 15 is 0 Å². The molecule has 2 N–H and O–H groups in total. The minimum Gasteiger partial charge on any atom is -0.493 e. The van der Waals surface area contributed by atoms with Crippen LogP contribution in [0.5, 0.6) is 5.75 Å². The fraction of sp³-hybridized carbons (Fsp3) is 0.333. The zero-order valence-corrected chi connectivity index (χ0v) is 17.5. The predicted molar refractivity (Wildman–Crippen MR) is 112 cm³/mol. The summed E-state index contributed by atoms with van der Waals surface area (Å²) in [6, 6.07) is 10.3. The number of carbonyl (C=O) groups excluding carboxylic acids is 1. The highest BCUT2D eigenvalue weighted by atomic mass is 32.2. The Morgan fingerprint density at radius 2 is 2.10 bits per heavy atom. The molecule has 0 aromatic heterocycles. The lowest BCUT2D eigenvalue weighted by atomic mass is 9.87. The quantitative estimate of drug-likeness (QED) is 0.805. The Morgan fingerprint density at radius 3 is 2.83 bits per heavy atom. The predicted octanol–water partition coefficient (Wildman–Crippen LogP) is 3.57. The van der Waals surface area contributed by atoms with E-state index in [-0.39, 0.29) is 22.6 Å². The molecule has 0 bridgehead atoms. The second-order valence-electron chi connectivity index (χ2n) is 7.40. The normalized spacial score (nSPS) is 22.5. The summed E-state index contributed by atoms with van der Waals surface area (Å²) < 4.78 is 34.4. The van der Waals surface area contributed by atoms with Crippen molar-refractivity contribution >= 4 is 22.8 Å². The summed E-state index contributed by atoms with van der Waals surface area (Å²) in [5, 5.41) is 6.12. The van der Waals surface area contributed by atoms with E-state index in [1.807, 2.05) is 24.3 Å². The van der Waals surface area contributed by atoms with Gasteiger partial charge in [-0.25, -0.2) is 13.6 Å². The Balaban J connectivity index is 1.92. The average molecular weight is 432 g/mol. The molecule has 2 aliphatic heterocycles. The third-order valence-electron chi connectivity index (χ3n) is 5.26. The Labute approximate surface area is 177 Å². The maximum absolute atomic E-state index is 14.6. The fourth-order valence-corrected chi connectivity index (χ4v) is 5.36. The Hall–Kier alpha value is -2.65. The van der Waals surface area contributed by atoms with Gasteiger partial charge in [0.05, 0.1) is 6.61 Å². The number of halogens is 2. The van der Waals surface area contributed by atoms with Gasteiger partial charge in [-0.3, -0.25) is 0 Å². The number of amides is 2. The minimum atomic E-state index is -0.982. The van der Waals surface area contributed by atoms with E-state index in [0.29, 0.717) is 25.3 Å². The molecule has 0 aliphatic carbocycles. The number of rotatable bonds is 3. The fourth-order valence-electron chi connectivity index (χ4n) is 3.84. The van der Waals surface area contributed by atoms with E-state index < -0.39 is 16.5 Å². The first kappa shape index (κ1) is 20.6. The molecule has 2 aromatic carbocycles. The second-order valence-corrected chi connectivity index (χ2v) is 8.61. The van der Waals surface area contributed by atoms with Gasteiger partial charge >= 0.3 is 6.03 Å². The molecule has 0 radical (unpaired) electrons. The molecule has 2 amide bonds. The number of hydrogen-bond donors (Lipinski definition) is 1. The summed E-state index contributed by atoms with van der Waals surface area (Å²) in [6.45, 7) is 0.707. The molecule has 2 heterocycles. The standard InChI is InChI=1S/C21H22F2N4O2S/c1-26(2)20(28)27-21(30-19(25-27)15-11-14(22)7-8-17(15)23)13(9-10-24)12-29-18-6-4-3-5-16(18)21/h3-8,11,13H,9-10,12,24H2,1-2H3. The maximum Gasteiger partial charge on any atom is 0.341 e. The average Bonchev–Trinajstić information content (AvgIpc) is 3.12. The van der Waals surface area contributed by atoms with Crippen molar-refractivity contribution in [1.82, 2.24) is 9.91 Å². The number of urea groups is 1. The molecule has 0 fully saturated rings. The molecular formula is C21H22F2N4O2S. The lowest BCUT2D eigenvalue weighted by Crippen LogP contribution is -2.53. The first-order valence-corrected chi connectivity index (χ1v) is 10.4. The maximum atomic E-state index is 14.6. The summed E-state index contributed by atoms with van der Waals surface area (Å²) in [7, 11) is 3.25. The number of thioether (sulfide) groups is 1. The van der Waals surface area contributed by atoms with Crippen molar-refractivity contribution in [2.75, 3.05) is 27.2 Å². The third-order valence-corrected chi connectivity index (χ3v) is 6.79. The Morgan fingerprint density at radius 1 is 1.33 bits per heavy atom. The van der Waals surface area contributed by atoms with Gasteiger partial charge in [0.15, 0.2) is 4.87 Å². The van der Waals surface area contributed by atoms with Gasteiger partial charge in [-0.05, 0) is 37.2 Å². The number of hydrazone groups is 1. The van der Waals surface area contributed by atoms with Gasteiger partial charge in [0, 0.05) is 31.1 Å². The number of ether oxygens (including phenoxy) is 1. The van der Waals surface area contributed by atoms with Crippen molar-refractivity contribution < 1.29 is 18.3 Å². The van der Waals surface area contributed by atoms with E-state index in [1.54, 1.807) is 14.1 Å². The van der Waals surface area contributed by atoms with Crippen LogP contribution in [0.15, 0.2) is 47.6 Å². The number of carbonyl (C=O) groups is 1. The number of hydrogen-bond acceptors (Lipinski definition) is 5. The van der Waals surface area contributed by atoms with Gasteiger partial charge in [0.2, 0.25) is 0 Å². The van der Waals surface area contributed by atoms with Crippen LogP contribution >= 0.6 is 11.8 Å². The highest BCUT2D eigenvalue weighted by Gasteiger charge is 2.57. The molecule has 4 rings (SSSR count). The van der Waals surface area contributed by atoms with Gasteiger partial charge in [0.25, 0.3) is 0 Å². The van der Waals surface area contributed by atoms with Crippen molar-refractivity contribution in [3.05, 3.63) is 65.2 Å². The molecule has 9 heteroatoms. The number of nitrogens with two attached hydrogens (primary N) is 1. The largest absolute Gasteiger partial charge is 0.493 e. The Bertz CT molecular complexity index is 1020. The van der Waals surface area contributed by atoms with Gasteiger partial charge < -0.3 is 15.4 Å². The van der Waals surface area contributed by atoms with E-state index in [9.17, 15) is 13.6 Å². The van der Waals surface area contributed by atoms with E-state index in [4.69, 9.17) is 10.5 Å². The molecule has 2 aromatic rings. The molecule has 2 atom stereocenters. The number of para-hydroxylation sites is 1. The van der Waals surface area contributed by atoms with Crippen LogP contribution in [0, 0.1) is 17.6 Å². The molecule has 6 nitrogen and oxygen atoms in total. The topological polar surface area (TPSA) is 71.2 Å². The van der Waals surface area contributed by atoms with Crippen molar-refractivity contribution in [2.45, 2.75) is 11.3 Å². The summed E-state index contributed by atoms with van der Waals surface area (Å²) in [5.41, 5.74) is 6.65. The lowest BCUT2D eigenvalue weighted by Gasteiger charge is -2.45. The highest BCUT2D eigenvalue weighted by Crippen LogP contribution is 2.57. The number of benzene rings is 2. The van der Waals surface area contributed by atoms with Gasteiger partial charge in [0.1, 0.15) is 22.4 Å². The second kappa shape index (κ2) is 7.88. The summed E-state index contributed by atoms with van der Waals surface area (Å²) in [4.78, 5) is 13.6. The zero-order valence-electron chi connectivity index (χ0n) is 16.6. The minimum absolute atomic E-state index is 0.0175. The summed E-state index contributed by atoms with van der Waals surface area (Å²) in [6.07, 6.45) is 0.562. The van der Waals surface area contributed by atoms with Crippen LogP contribution in [-0.4, -0.2) is 48.2 Å². The van der Waals surface area contributed by atoms with Crippen LogP contribution in [-0.2, 0) is 4.87 Å². The van der Waals surface area contributed by atoms with E-state index in [1.165, 1.54) is 21.7 Å². The molecule has 1 spiro atoms. The number of fused-ring (bicyclic) bond motifs is 2. The summed E-state index contributed by atoms with van der Waals surface area (Å²) in [5.74, 6) is -0.755. The van der Waals surface area contributed by atoms with Gasteiger partial charge in [-0.2, -0.15) is 10.1 Å². The lowest BCUT2D eigenvalue weighted by molar-refractivity contribution is 0.0677. The van der Waals surface area contributed by atoms with Crippen LogP contribution in [0.4, 0.5) is 13.6 Å². The molecule has 2 aliphatic rings.